The predicted molar refractivity (Wildman–Crippen MR) is 72.6 cm³/mol. The summed E-state index contributed by atoms with van der Waals surface area (Å²) in [7, 11) is 0. The molecule has 0 amide bonds. The molecule has 15 heavy (non-hydrogen) atoms. The van der Waals surface area contributed by atoms with Crippen LogP contribution in [0.25, 0.3) is 0 Å². The smallest absolute Gasteiger partial charge is 0.0128 e. The first-order valence-corrected chi connectivity index (χ1v) is 5.92. The van der Waals surface area contributed by atoms with Gasteiger partial charge in [0.25, 0.3) is 0 Å². The van der Waals surface area contributed by atoms with Gasteiger partial charge in [-0.25, -0.2) is 0 Å². The zero-order chi connectivity index (χ0) is 11.0. The number of halogens is 1. The first-order valence-electron chi connectivity index (χ1n) is 5.92. The van der Waals surface area contributed by atoms with Gasteiger partial charge < -0.3 is 5.73 Å². The van der Waals surface area contributed by atoms with Gasteiger partial charge in [-0.05, 0) is 32.6 Å². The lowest BCUT2D eigenvalue weighted by atomic mass is 9.82. The van der Waals surface area contributed by atoms with Crippen LogP contribution in [0.2, 0.25) is 0 Å². The third-order valence-electron chi connectivity index (χ3n) is 2.91. The normalized spacial score (nSPS) is 13.1. The molecule has 2 heteroatoms. The Labute approximate surface area is 102 Å². The Morgan fingerprint density at radius 3 is 2.27 bits per heavy atom. The maximum atomic E-state index is 6.13. The van der Waals surface area contributed by atoms with Crippen LogP contribution in [0.1, 0.15) is 59.3 Å². The van der Waals surface area contributed by atoms with Crippen molar-refractivity contribution in [3.63, 3.8) is 0 Å². The Bertz CT molecular complexity index is 149. The summed E-state index contributed by atoms with van der Waals surface area (Å²) in [5, 5.41) is 0. The molecule has 0 radical (unpaired) electrons. The Morgan fingerprint density at radius 2 is 1.87 bits per heavy atom. The second-order valence-electron chi connectivity index (χ2n) is 4.89. The van der Waals surface area contributed by atoms with Gasteiger partial charge in [-0.2, -0.15) is 0 Å². The standard InChI is InChI=1S/C13H27N.ClH/c1-5-7-8-9-11-12(10-6-2)13(3,4)14;/h6,12H,2,5,7-11,14H2,1,3-4H3;1H. The lowest BCUT2D eigenvalue weighted by Gasteiger charge is -2.29. The molecule has 92 valence electrons. The van der Waals surface area contributed by atoms with Crippen LogP contribution < -0.4 is 5.73 Å². The first kappa shape index (κ1) is 17.4. The van der Waals surface area contributed by atoms with Gasteiger partial charge in [0.2, 0.25) is 0 Å². The number of rotatable bonds is 8. The number of unbranched alkanes of at least 4 members (excludes halogenated alkanes) is 3. The van der Waals surface area contributed by atoms with Gasteiger partial charge in [0, 0.05) is 5.54 Å². The van der Waals surface area contributed by atoms with E-state index in [0.717, 1.165) is 6.42 Å². The van der Waals surface area contributed by atoms with E-state index < -0.39 is 0 Å². The Hall–Kier alpha value is -0.0100. The summed E-state index contributed by atoms with van der Waals surface area (Å²) in [6.07, 6.45) is 9.61. The molecule has 0 saturated carbocycles. The van der Waals surface area contributed by atoms with Crippen molar-refractivity contribution in [1.29, 1.82) is 0 Å². The van der Waals surface area contributed by atoms with Gasteiger partial charge in [-0.3, -0.25) is 0 Å². The molecule has 0 saturated heterocycles. The van der Waals surface area contributed by atoms with Gasteiger partial charge in [-0.15, -0.1) is 19.0 Å². The molecule has 0 aromatic rings. The average molecular weight is 234 g/mol. The Balaban J connectivity index is 0. The minimum absolute atomic E-state index is 0. The maximum absolute atomic E-state index is 6.13. The van der Waals surface area contributed by atoms with E-state index in [0.29, 0.717) is 5.92 Å². The summed E-state index contributed by atoms with van der Waals surface area (Å²) in [5.41, 5.74) is 6.08. The zero-order valence-electron chi connectivity index (χ0n) is 10.6. The largest absolute Gasteiger partial charge is 0.325 e. The molecule has 1 unspecified atom stereocenters. The van der Waals surface area contributed by atoms with Gasteiger partial charge >= 0.3 is 0 Å². The highest BCUT2D eigenvalue weighted by Crippen LogP contribution is 2.24. The van der Waals surface area contributed by atoms with E-state index in [1.54, 1.807) is 0 Å². The SMILES string of the molecule is C=CCC(CCCCCC)C(C)(C)N.Cl. The van der Waals surface area contributed by atoms with Crippen LogP contribution >= 0.6 is 12.4 Å². The maximum Gasteiger partial charge on any atom is 0.0128 e. The van der Waals surface area contributed by atoms with Gasteiger partial charge in [-0.1, -0.05) is 38.7 Å². The molecule has 0 aliphatic heterocycles. The number of hydrogen-bond acceptors (Lipinski definition) is 1. The van der Waals surface area contributed by atoms with E-state index in [-0.39, 0.29) is 17.9 Å². The monoisotopic (exact) mass is 233 g/mol. The molecule has 0 bridgehead atoms. The molecule has 1 nitrogen and oxygen atoms in total. The summed E-state index contributed by atoms with van der Waals surface area (Å²) in [6, 6.07) is 0. The summed E-state index contributed by atoms with van der Waals surface area (Å²) < 4.78 is 0. The minimum atomic E-state index is -0.0552. The topological polar surface area (TPSA) is 26.0 Å². The highest BCUT2D eigenvalue weighted by molar-refractivity contribution is 5.85. The highest BCUT2D eigenvalue weighted by atomic mass is 35.5. The zero-order valence-corrected chi connectivity index (χ0v) is 11.4. The van der Waals surface area contributed by atoms with Crippen molar-refractivity contribution >= 4 is 12.4 Å². The molecule has 0 fully saturated rings. The van der Waals surface area contributed by atoms with Crippen molar-refractivity contribution in [3.8, 4) is 0 Å². The average Bonchev–Trinajstić information content (AvgIpc) is 2.08. The highest BCUT2D eigenvalue weighted by Gasteiger charge is 2.22. The molecule has 0 rings (SSSR count). The van der Waals surface area contributed by atoms with E-state index in [9.17, 15) is 0 Å². The fraction of sp³-hybridized carbons (Fsp3) is 0.846. The molecule has 0 aromatic carbocycles. The molecular formula is C13H28ClN. The molecule has 0 aliphatic rings. The van der Waals surface area contributed by atoms with Crippen LogP contribution in [0.5, 0.6) is 0 Å². The molecule has 0 aliphatic carbocycles. The van der Waals surface area contributed by atoms with Crippen molar-refractivity contribution in [1.82, 2.24) is 0 Å². The molecule has 1 atom stereocenters. The predicted octanol–water partition coefficient (Wildman–Crippen LogP) is 4.31. The van der Waals surface area contributed by atoms with Gasteiger partial charge in [0.1, 0.15) is 0 Å². The van der Waals surface area contributed by atoms with Crippen molar-refractivity contribution < 1.29 is 0 Å². The summed E-state index contributed by atoms with van der Waals surface area (Å²) in [6.45, 7) is 10.3. The van der Waals surface area contributed by atoms with Crippen molar-refractivity contribution in [2.45, 2.75) is 64.8 Å². The van der Waals surface area contributed by atoms with Crippen LogP contribution in [0.15, 0.2) is 12.7 Å². The molecule has 0 spiro atoms. The second kappa shape index (κ2) is 9.23. The van der Waals surface area contributed by atoms with Crippen LogP contribution in [0.4, 0.5) is 0 Å². The van der Waals surface area contributed by atoms with Crippen molar-refractivity contribution in [2.24, 2.45) is 11.7 Å². The number of nitrogens with two attached hydrogens (primary N) is 1. The first-order chi connectivity index (χ1) is 6.52. The summed E-state index contributed by atoms with van der Waals surface area (Å²) in [4.78, 5) is 0. The Morgan fingerprint density at radius 1 is 1.27 bits per heavy atom. The number of allylic oxidation sites excluding steroid dienone is 1. The molecule has 0 heterocycles. The lowest BCUT2D eigenvalue weighted by Crippen LogP contribution is -2.40. The minimum Gasteiger partial charge on any atom is -0.325 e. The Kier molecular flexibility index (Phi) is 10.7. The van der Waals surface area contributed by atoms with E-state index in [1.165, 1.54) is 32.1 Å². The van der Waals surface area contributed by atoms with E-state index in [2.05, 4.69) is 27.4 Å². The van der Waals surface area contributed by atoms with E-state index >= 15 is 0 Å². The van der Waals surface area contributed by atoms with Gasteiger partial charge in [0.15, 0.2) is 0 Å². The van der Waals surface area contributed by atoms with Crippen molar-refractivity contribution in [2.75, 3.05) is 0 Å². The lowest BCUT2D eigenvalue weighted by molar-refractivity contribution is 0.294. The fourth-order valence-electron chi connectivity index (χ4n) is 1.81. The van der Waals surface area contributed by atoms with Crippen molar-refractivity contribution in [3.05, 3.63) is 12.7 Å². The number of hydrogen-bond donors (Lipinski definition) is 1. The van der Waals surface area contributed by atoms with Crippen LogP contribution in [0.3, 0.4) is 0 Å². The molecule has 2 N–H and O–H groups in total. The summed E-state index contributed by atoms with van der Waals surface area (Å²) >= 11 is 0. The third kappa shape index (κ3) is 8.95. The van der Waals surface area contributed by atoms with E-state index in [1.807, 2.05) is 6.08 Å². The molecule has 0 aromatic heterocycles. The molecular weight excluding hydrogens is 206 g/mol. The fourth-order valence-corrected chi connectivity index (χ4v) is 1.81. The second-order valence-corrected chi connectivity index (χ2v) is 4.89. The van der Waals surface area contributed by atoms with Crippen LogP contribution in [-0.4, -0.2) is 5.54 Å². The third-order valence-corrected chi connectivity index (χ3v) is 2.91. The van der Waals surface area contributed by atoms with Gasteiger partial charge in [0.05, 0.1) is 0 Å². The summed E-state index contributed by atoms with van der Waals surface area (Å²) in [5.74, 6) is 0.594. The van der Waals surface area contributed by atoms with E-state index in [4.69, 9.17) is 5.73 Å². The quantitative estimate of drug-likeness (QED) is 0.491. The van der Waals surface area contributed by atoms with Crippen LogP contribution in [0, 0.1) is 5.92 Å². The van der Waals surface area contributed by atoms with Crippen LogP contribution in [-0.2, 0) is 0 Å².